The predicted molar refractivity (Wildman–Crippen MR) is 93.3 cm³/mol. The lowest BCUT2D eigenvalue weighted by atomic mass is 9.47. The number of carbonyl (C=O) groups excluding carboxylic acids is 1. The monoisotopic (exact) mass is 335 g/mol. The van der Waals surface area contributed by atoms with Gasteiger partial charge in [-0.3, -0.25) is 4.79 Å². The van der Waals surface area contributed by atoms with E-state index in [1.165, 1.54) is 5.57 Å². The van der Waals surface area contributed by atoms with E-state index < -0.39 is 23.7 Å². The van der Waals surface area contributed by atoms with E-state index in [9.17, 15) is 15.0 Å². The smallest absolute Gasteiger partial charge is 0.161 e. The Morgan fingerprint density at radius 2 is 1.96 bits per heavy atom. The number of fused-ring (bicyclic) bond motifs is 5. The summed E-state index contributed by atoms with van der Waals surface area (Å²) in [5, 5.41) is 21.4. The summed E-state index contributed by atoms with van der Waals surface area (Å²) in [6.45, 7) is 1.53. The molecule has 0 radical (unpaired) electrons. The van der Waals surface area contributed by atoms with Gasteiger partial charge in [0.15, 0.2) is 5.78 Å². The maximum absolute atomic E-state index is 12.7. The number of ketones is 1. The number of rotatable bonds is 1. The Labute approximate surface area is 149 Å². The summed E-state index contributed by atoms with van der Waals surface area (Å²) in [4.78, 5) is 12.7. The van der Waals surface area contributed by atoms with Crippen molar-refractivity contribution < 1.29 is 19.1 Å². The van der Waals surface area contributed by atoms with Gasteiger partial charge in [0.2, 0.25) is 0 Å². The molecule has 7 unspecified atom stereocenters. The number of aliphatic hydroxyl groups is 2. The van der Waals surface area contributed by atoms with Gasteiger partial charge in [0.1, 0.15) is 5.60 Å². The second-order valence-corrected chi connectivity index (χ2v) is 9.34. The molecule has 0 aliphatic heterocycles. The molecular weight excluding hydrogens is 300 g/mol. The predicted octanol–water partition coefficient (Wildman–Crippen LogP) is 3.63. The molecular formula is C21H32O3. The van der Waals surface area contributed by atoms with Gasteiger partial charge in [-0.25, -0.2) is 0 Å². The number of aliphatic hydroxyl groups excluding tert-OH is 1. The summed E-state index contributed by atoms with van der Waals surface area (Å²) in [7, 11) is 0. The fraction of sp³-hybridized carbons (Fsp3) is 0.857. The molecule has 0 aromatic heterocycles. The minimum Gasteiger partial charge on any atom is -0.393 e. The lowest BCUT2D eigenvalue weighted by molar-refractivity contribution is -0.159. The van der Waals surface area contributed by atoms with Crippen LogP contribution in [0.25, 0.3) is 0 Å². The maximum Gasteiger partial charge on any atom is 0.161 e. The average molecular weight is 336 g/mol. The molecule has 3 heteroatoms. The van der Waals surface area contributed by atoms with E-state index in [-0.39, 0.29) is 23.9 Å². The summed E-state index contributed by atoms with van der Waals surface area (Å²) in [6, 6.07) is 0. The van der Waals surface area contributed by atoms with Crippen molar-refractivity contribution in [2.45, 2.75) is 83.8 Å². The third kappa shape index (κ3) is 1.94. The van der Waals surface area contributed by atoms with Crippen LogP contribution in [0.2, 0.25) is 0 Å². The first-order chi connectivity index (χ1) is 12.4. The van der Waals surface area contributed by atoms with Crippen molar-refractivity contribution in [2.75, 3.05) is 0 Å². The fourth-order valence-electron chi connectivity index (χ4n) is 7.03. The fourth-order valence-corrected chi connectivity index (χ4v) is 7.03. The molecule has 0 heterocycles. The molecule has 4 aliphatic rings. The molecule has 2 N–H and O–H groups in total. The van der Waals surface area contributed by atoms with E-state index >= 15 is 0 Å². The van der Waals surface area contributed by atoms with Crippen molar-refractivity contribution in [3.63, 3.8) is 0 Å². The normalized spacial score (nSPS) is 56.0. The molecule has 134 valence electrons. The van der Waals surface area contributed by atoms with Crippen molar-refractivity contribution in [2.24, 2.45) is 28.6 Å². The van der Waals surface area contributed by atoms with Gasteiger partial charge in [0.25, 0.3) is 0 Å². The topological polar surface area (TPSA) is 57.5 Å². The molecule has 0 saturated heterocycles. The number of Topliss-reactive ketones (excluding diaryl/α,β-unsaturated/α-hetero) is 1. The van der Waals surface area contributed by atoms with Crippen LogP contribution in [0, 0.1) is 28.6 Å². The van der Waals surface area contributed by atoms with Crippen molar-refractivity contribution in [1.29, 1.82) is 0 Å². The van der Waals surface area contributed by atoms with Gasteiger partial charge >= 0.3 is 0 Å². The third-order valence-corrected chi connectivity index (χ3v) is 8.61. The van der Waals surface area contributed by atoms with Gasteiger partial charge in [-0.15, -0.1) is 0 Å². The zero-order valence-corrected chi connectivity index (χ0v) is 14.8. The minimum atomic E-state index is -2.76. The Bertz CT molecular complexity index is 687. The average Bonchev–Trinajstić information content (AvgIpc) is 2.86. The molecule has 0 aromatic carbocycles. The molecule has 0 amide bonds. The van der Waals surface area contributed by atoms with Crippen molar-refractivity contribution in [1.82, 2.24) is 0 Å². The summed E-state index contributed by atoms with van der Waals surface area (Å²) in [6.07, 6.45) is 8.17. The Balaban J connectivity index is 1.68. The molecule has 0 bridgehead atoms. The summed E-state index contributed by atoms with van der Waals surface area (Å²) in [5.74, 6) is 0.0889. The van der Waals surface area contributed by atoms with Crippen LogP contribution in [0.5, 0.6) is 0 Å². The molecule has 0 aromatic rings. The van der Waals surface area contributed by atoms with Crippen molar-refractivity contribution in [3.8, 4) is 0 Å². The largest absolute Gasteiger partial charge is 0.393 e. The quantitative estimate of drug-likeness (QED) is 0.720. The van der Waals surface area contributed by atoms with Gasteiger partial charge in [-0.05, 0) is 81.4 Å². The van der Waals surface area contributed by atoms with Gasteiger partial charge in [-0.1, -0.05) is 25.5 Å². The first-order valence-corrected chi connectivity index (χ1v) is 9.58. The second kappa shape index (κ2) is 5.17. The number of hydrogen-bond acceptors (Lipinski definition) is 3. The summed E-state index contributed by atoms with van der Waals surface area (Å²) in [5.41, 5.74) is -0.909. The van der Waals surface area contributed by atoms with E-state index in [0.29, 0.717) is 18.3 Å². The van der Waals surface area contributed by atoms with Crippen LogP contribution in [0.15, 0.2) is 11.6 Å². The van der Waals surface area contributed by atoms with E-state index in [4.69, 9.17) is 4.11 Å². The van der Waals surface area contributed by atoms with Gasteiger partial charge in [0.05, 0.1) is 6.10 Å². The maximum atomic E-state index is 12.7. The minimum absolute atomic E-state index is 0.0955. The SMILES string of the molecule is [2H]C([2H])([2H])C(=O)C1(O)CCC2C3CC=C4CC(O)CCC4(C)C3CCC21C. The zero-order chi connectivity index (χ0) is 19.8. The van der Waals surface area contributed by atoms with E-state index in [0.717, 1.165) is 38.5 Å². The highest BCUT2D eigenvalue weighted by molar-refractivity contribution is 5.86. The molecule has 24 heavy (non-hydrogen) atoms. The van der Waals surface area contributed by atoms with Gasteiger partial charge < -0.3 is 10.2 Å². The lowest BCUT2D eigenvalue weighted by Crippen LogP contribution is -2.56. The van der Waals surface area contributed by atoms with Gasteiger partial charge in [-0.2, -0.15) is 0 Å². The van der Waals surface area contributed by atoms with Crippen LogP contribution in [0.3, 0.4) is 0 Å². The third-order valence-electron chi connectivity index (χ3n) is 8.61. The van der Waals surface area contributed by atoms with Gasteiger partial charge in [0, 0.05) is 9.53 Å². The van der Waals surface area contributed by atoms with Crippen LogP contribution in [-0.2, 0) is 4.79 Å². The number of allylic oxidation sites excluding steroid dienone is 1. The molecule has 3 nitrogen and oxygen atoms in total. The van der Waals surface area contributed by atoms with Crippen molar-refractivity contribution in [3.05, 3.63) is 11.6 Å². The molecule has 3 saturated carbocycles. The van der Waals surface area contributed by atoms with Crippen LogP contribution in [0.4, 0.5) is 0 Å². The highest BCUT2D eigenvalue weighted by atomic mass is 16.3. The summed E-state index contributed by atoms with van der Waals surface area (Å²) < 4.78 is 22.7. The summed E-state index contributed by atoms with van der Waals surface area (Å²) >= 11 is 0. The number of hydrogen-bond donors (Lipinski definition) is 2. The van der Waals surface area contributed by atoms with Crippen LogP contribution in [-0.4, -0.2) is 27.7 Å². The Hall–Kier alpha value is -0.670. The number of carbonyl (C=O) groups is 1. The zero-order valence-electron chi connectivity index (χ0n) is 17.8. The highest BCUT2D eigenvalue weighted by Crippen LogP contribution is 2.67. The Kier molecular flexibility index (Phi) is 2.91. The molecule has 7 atom stereocenters. The van der Waals surface area contributed by atoms with Crippen LogP contribution in [0.1, 0.15) is 76.2 Å². The molecule has 4 rings (SSSR count). The Morgan fingerprint density at radius 1 is 1.21 bits per heavy atom. The van der Waals surface area contributed by atoms with E-state index in [1.807, 2.05) is 6.92 Å². The molecule has 0 spiro atoms. The standard InChI is InChI=1S/C21H32O3/c1-13(22)21(24)11-8-18-16-5-4-14-12-15(23)6-9-19(14,2)17(16)7-10-20(18,21)3/h4,15-18,23-24H,5-12H2,1-3H3/i1D3. The van der Waals surface area contributed by atoms with Crippen molar-refractivity contribution >= 4 is 5.78 Å². The Morgan fingerprint density at radius 3 is 2.71 bits per heavy atom. The van der Waals surface area contributed by atoms with Crippen LogP contribution < -0.4 is 0 Å². The first-order valence-electron chi connectivity index (χ1n) is 11.1. The molecule has 3 fully saturated rings. The second-order valence-electron chi connectivity index (χ2n) is 9.34. The van der Waals surface area contributed by atoms with E-state index in [2.05, 4.69) is 13.0 Å². The first kappa shape index (κ1) is 13.5. The molecule has 4 aliphatic carbocycles. The highest BCUT2D eigenvalue weighted by Gasteiger charge is 2.65. The van der Waals surface area contributed by atoms with Crippen LogP contribution >= 0.6 is 0 Å². The van der Waals surface area contributed by atoms with E-state index in [1.54, 1.807) is 0 Å². The lowest BCUT2D eigenvalue weighted by Gasteiger charge is -2.58.